The van der Waals surface area contributed by atoms with Gasteiger partial charge in [0.1, 0.15) is 6.07 Å². The predicted molar refractivity (Wildman–Crippen MR) is 93.5 cm³/mol. The Kier molecular flexibility index (Phi) is 6.28. The molecular weight excluding hydrogens is 357 g/mol. The van der Waals surface area contributed by atoms with Gasteiger partial charge in [0.2, 0.25) is 0 Å². The van der Waals surface area contributed by atoms with Crippen LogP contribution in [0.1, 0.15) is 5.56 Å². The number of halogens is 3. The lowest BCUT2D eigenvalue weighted by molar-refractivity contribution is -0.192. The molecule has 0 aliphatic rings. The molecule has 3 aromatic rings. The van der Waals surface area contributed by atoms with Gasteiger partial charge in [-0.2, -0.15) is 18.4 Å². The van der Waals surface area contributed by atoms with Gasteiger partial charge in [0.15, 0.2) is 0 Å². The molecule has 0 aliphatic carbocycles. The van der Waals surface area contributed by atoms with Gasteiger partial charge < -0.3 is 5.11 Å². The summed E-state index contributed by atoms with van der Waals surface area (Å²) in [7, 11) is 0. The summed E-state index contributed by atoms with van der Waals surface area (Å²) in [6.07, 6.45) is -5.08. The Morgan fingerprint density at radius 1 is 0.889 bits per heavy atom. The molecule has 4 nitrogen and oxygen atoms in total. The van der Waals surface area contributed by atoms with Crippen LogP contribution in [0.3, 0.4) is 0 Å². The Labute approximate surface area is 153 Å². The van der Waals surface area contributed by atoms with Crippen LogP contribution in [0.25, 0.3) is 22.5 Å². The van der Waals surface area contributed by atoms with Crippen molar-refractivity contribution in [2.24, 2.45) is 0 Å². The number of aromatic nitrogens is 1. The maximum absolute atomic E-state index is 10.6. The molecule has 0 atom stereocenters. The standard InChI is InChI=1S/C18H12N2.C2HF3O2/c19-13-16-11-12-17(14-7-3-1-4-8-14)20-18(16)15-9-5-2-6-10-15;3-2(4,5)1(6)7/h1-12H;(H,6,7). The molecule has 2 aromatic carbocycles. The van der Waals surface area contributed by atoms with E-state index >= 15 is 0 Å². The van der Waals surface area contributed by atoms with Gasteiger partial charge in [-0.1, -0.05) is 60.7 Å². The maximum atomic E-state index is 10.6. The van der Waals surface area contributed by atoms with Crippen LogP contribution in [0, 0.1) is 11.3 Å². The lowest BCUT2D eigenvalue weighted by Gasteiger charge is -2.07. The topological polar surface area (TPSA) is 74.0 Å². The second-order valence-corrected chi connectivity index (χ2v) is 5.24. The molecule has 136 valence electrons. The summed E-state index contributed by atoms with van der Waals surface area (Å²) < 4.78 is 31.7. The monoisotopic (exact) mass is 370 g/mol. The molecule has 0 spiro atoms. The van der Waals surface area contributed by atoms with Crippen molar-refractivity contribution in [3.05, 3.63) is 78.4 Å². The number of aliphatic carboxylic acids is 1. The Morgan fingerprint density at radius 2 is 1.37 bits per heavy atom. The van der Waals surface area contributed by atoms with Crippen LogP contribution in [-0.2, 0) is 4.79 Å². The van der Waals surface area contributed by atoms with Crippen molar-refractivity contribution >= 4 is 5.97 Å². The molecule has 0 aliphatic heterocycles. The van der Waals surface area contributed by atoms with Gasteiger partial charge >= 0.3 is 12.1 Å². The zero-order chi connectivity index (χ0) is 19.9. The summed E-state index contributed by atoms with van der Waals surface area (Å²) >= 11 is 0. The molecule has 7 heteroatoms. The maximum Gasteiger partial charge on any atom is 0.490 e. The summed E-state index contributed by atoms with van der Waals surface area (Å²) in [6.45, 7) is 0. The van der Waals surface area contributed by atoms with E-state index in [1.165, 1.54) is 0 Å². The third kappa shape index (κ3) is 5.41. The number of nitrogens with zero attached hydrogens (tertiary/aromatic N) is 2. The Hall–Kier alpha value is -3.66. The van der Waals surface area contributed by atoms with E-state index in [9.17, 15) is 18.4 Å². The minimum Gasteiger partial charge on any atom is -0.475 e. The van der Waals surface area contributed by atoms with Crippen molar-refractivity contribution in [2.45, 2.75) is 6.18 Å². The van der Waals surface area contributed by atoms with E-state index in [0.29, 0.717) is 5.56 Å². The van der Waals surface area contributed by atoms with Gasteiger partial charge in [-0.05, 0) is 12.1 Å². The molecule has 0 saturated carbocycles. The van der Waals surface area contributed by atoms with Crippen molar-refractivity contribution in [3.8, 4) is 28.6 Å². The number of alkyl halides is 3. The van der Waals surface area contributed by atoms with Crippen molar-refractivity contribution in [3.63, 3.8) is 0 Å². The highest BCUT2D eigenvalue weighted by Crippen LogP contribution is 2.25. The Bertz CT molecular complexity index is 950. The molecule has 1 N–H and O–H groups in total. The van der Waals surface area contributed by atoms with Crippen LogP contribution in [0.2, 0.25) is 0 Å². The highest BCUT2D eigenvalue weighted by molar-refractivity contribution is 5.73. The minimum absolute atomic E-state index is 0.593. The van der Waals surface area contributed by atoms with Crippen LogP contribution in [0.5, 0.6) is 0 Å². The molecule has 0 fully saturated rings. The van der Waals surface area contributed by atoms with E-state index in [1.54, 1.807) is 0 Å². The average Bonchev–Trinajstić information content (AvgIpc) is 2.68. The molecule has 0 unspecified atom stereocenters. The molecule has 0 amide bonds. The molecular formula is C20H13F3N2O2. The first-order valence-corrected chi connectivity index (χ1v) is 7.65. The summed E-state index contributed by atoms with van der Waals surface area (Å²) in [5.41, 5.74) is 4.21. The number of benzene rings is 2. The number of hydrogen-bond acceptors (Lipinski definition) is 3. The van der Waals surface area contributed by atoms with Crippen LogP contribution >= 0.6 is 0 Å². The third-order valence-corrected chi connectivity index (χ3v) is 3.37. The van der Waals surface area contributed by atoms with E-state index in [2.05, 4.69) is 11.1 Å². The van der Waals surface area contributed by atoms with Crippen LogP contribution < -0.4 is 0 Å². The average molecular weight is 370 g/mol. The number of pyridine rings is 1. The summed E-state index contributed by atoms with van der Waals surface area (Å²) in [4.78, 5) is 13.6. The van der Waals surface area contributed by atoms with Crippen LogP contribution in [0.15, 0.2) is 72.8 Å². The summed E-state index contributed by atoms with van der Waals surface area (Å²) in [5.74, 6) is -2.76. The van der Waals surface area contributed by atoms with E-state index in [0.717, 1.165) is 22.5 Å². The van der Waals surface area contributed by atoms with Crippen molar-refractivity contribution < 1.29 is 23.1 Å². The fourth-order valence-corrected chi connectivity index (χ4v) is 2.14. The fraction of sp³-hybridized carbons (Fsp3) is 0.0500. The van der Waals surface area contributed by atoms with Crippen LogP contribution in [0.4, 0.5) is 13.2 Å². The second-order valence-electron chi connectivity index (χ2n) is 5.24. The highest BCUT2D eigenvalue weighted by atomic mass is 19.4. The second kappa shape index (κ2) is 8.63. The zero-order valence-corrected chi connectivity index (χ0v) is 13.8. The van der Waals surface area contributed by atoms with Crippen molar-refractivity contribution in [1.82, 2.24) is 4.98 Å². The lowest BCUT2D eigenvalue weighted by Crippen LogP contribution is -2.21. The Morgan fingerprint density at radius 3 is 1.81 bits per heavy atom. The van der Waals surface area contributed by atoms with Crippen LogP contribution in [-0.4, -0.2) is 22.2 Å². The highest BCUT2D eigenvalue weighted by Gasteiger charge is 2.38. The quantitative estimate of drug-likeness (QED) is 0.695. The summed E-state index contributed by atoms with van der Waals surface area (Å²) in [5, 5.41) is 16.4. The number of carboxylic acid groups (broad SMARTS) is 1. The van der Waals surface area contributed by atoms with Gasteiger partial charge in [0, 0.05) is 11.1 Å². The van der Waals surface area contributed by atoms with Crippen molar-refractivity contribution in [1.29, 1.82) is 5.26 Å². The first kappa shape index (κ1) is 19.7. The largest absolute Gasteiger partial charge is 0.490 e. The number of nitriles is 1. The van der Waals surface area contributed by atoms with Crippen molar-refractivity contribution in [2.75, 3.05) is 0 Å². The molecule has 3 rings (SSSR count). The Balaban J connectivity index is 0.000000321. The molecule has 27 heavy (non-hydrogen) atoms. The zero-order valence-electron chi connectivity index (χ0n) is 13.8. The SMILES string of the molecule is N#Cc1ccc(-c2ccccc2)nc1-c1ccccc1.O=C(O)C(F)(F)F. The third-order valence-electron chi connectivity index (χ3n) is 3.37. The summed E-state index contributed by atoms with van der Waals surface area (Å²) in [6, 6.07) is 25.7. The molecule has 0 saturated heterocycles. The van der Waals surface area contributed by atoms with E-state index < -0.39 is 12.1 Å². The van der Waals surface area contributed by atoms with E-state index in [4.69, 9.17) is 9.90 Å². The van der Waals surface area contributed by atoms with Gasteiger partial charge in [0.05, 0.1) is 17.0 Å². The first-order chi connectivity index (χ1) is 12.8. The number of rotatable bonds is 2. The normalized spacial score (nSPS) is 10.3. The van der Waals surface area contributed by atoms with Gasteiger partial charge in [0.25, 0.3) is 0 Å². The fourth-order valence-electron chi connectivity index (χ4n) is 2.14. The molecule has 1 heterocycles. The van der Waals surface area contributed by atoms with Gasteiger partial charge in [-0.3, -0.25) is 0 Å². The predicted octanol–water partition coefficient (Wildman–Crippen LogP) is 4.92. The first-order valence-electron chi connectivity index (χ1n) is 7.65. The molecule has 0 radical (unpaired) electrons. The smallest absolute Gasteiger partial charge is 0.475 e. The van der Waals surface area contributed by atoms with Gasteiger partial charge in [-0.15, -0.1) is 0 Å². The minimum atomic E-state index is -5.08. The van der Waals surface area contributed by atoms with E-state index in [-0.39, 0.29) is 0 Å². The lowest BCUT2D eigenvalue weighted by atomic mass is 10.0. The number of carboxylic acids is 1. The van der Waals surface area contributed by atoms with Gasteiger partial charge in [-0.25, -0.2) is 9.78 Å². The molecule has 1 aromatic heterocycles. The number of hydrogen-bond donors (Lipinski definition) is 1. The van der Waals surface area contributed by atoms with E-state index in [1.807, 2.05) is 72.8 Å². The number of carbonyl (C=O) groups is 1. The molecule has 0 bridgehead atoms.